The first-order valence-corrected chi connectivity index (χ1v) is 10.5. The van der Waals surface area contributed by atoms with E-state index in [4.69, 9.17) is 12.2 Å². The third-order valence-electron chi connectivity index (χ3n) is 4.70. The molecule has 0 aliphatic rings. The lowest BCUT2D eigenvalue weighted by molar-refractivity contribution is -0.121. The first-order valence-electron chi connectivity index (χ1n) is 10.1. The molecular weight excluding hydrogens is 356 g/mol. The van der Waals surface area contributed by atoms with Gasteiger partial charge in [-0.05, 0) is 31.6 Å². The Bertz CT molecular complexity index is 766. The molecule has 1 heterocycles. The van der Waals surface area contributed by atoms with Gasteiger partial charge in [-0.2, -0.15) is 5.10 Å². The average Bonchev–Trinajstić information content (AvgIpc) is 3.03. The summed E-state index contributed by atoms with van der Waals surface area (Å²) in [5.41, 5.74) is 2.17. The number of aryl methyl sites for hydroxylation is 1. The average molecular weight is 389 g/mol. The Kier molecular flexibility index (Phi) is 9.25. The van der Waals surface area contributed by atoms with Crippen LogP contribution in [0.3, 0.4) is 0 Å². The van der Waals surface area contributed by atoms with E-state index in [0.29, 0.717) is 17.7 Å². The topological polar surface area (TPSA) is 62.7 Å². The van der Waals surface area contributed by atoms with Crippen LogP contribution in [-0.2, 0) is 11.3 Å². The van der Waals surface area contributed by atoms with Crippen LogP contribution in [0, 0.1) is 11.7 Å². The largest absolute Gasteiger partial charge is 0.356 e. The first-order chi connectivity index (χ1) is 13.1. The standard InChI is InChI=1S/C21H32N4OS/c1-3-4-5-6-7-8-9-14-22-19(26)13-15-25-20(23-24-21(25)27)18-12-10-11-17(2)16-18/h10-12,16H,3-9,13-15H2,1-2H3,(H,22,26)(H,24,27). The van der Waals surface area contributed by atoms with Crippen LogP contribution in [0.1, 0.15) is 63.9 Å². The number of hydrogen-bond donors (Lipinski definition) is 2. The van der Waals surface area contributed by atoms with E-state index >= 15 is 0 Å². The fourth-order valence-electron chi connectivity index (χ4n) is 3.14. The molecule has 1 amide bonds. The highest BCUT2D eigenvalue weighted by Crippen LogP contribution is 2.18. The molecule has 0 spiro atoms. The molecule has 0 radical (unpaired) electrons. The summed E-state index contributed by atoms with van der Waals surface area (Å²) in [7, 11) is 0. The lowest BCUT2D eigenvalue weighted by atomic mass is 10.1. The number of unbranched alkanes of at least 4 members (excludes halogenated alkanes) is 6. The molecule has 0 aliphatic carbocycles. The summed E-state index contributed by atoms with van der Waals surface area (Å²) in [6.07, 6.45) is 9.16. The summed E-state index contributed by atoms with van der Waals surface area (Å²) in [6, 6.07) is 8.13. The molecule has 1 aromatic carbocycles. The monoisotopic (exact) mass is 388 g/mol. The highest BCUT2D eigenvalue weighted by Gasteiger charge is 2.10. The molecule has 148 valence electrons. The third-order valence-corrected chi connectivity index (χ3v) is 5.01. The van der Waals surface area contributed by atoms with Crippen LogP contribution in [0.4, 0.5) is 0 Å². The summed E-state index contributed by atoms with van der Waals surface area (Å²) < 4.78 is 2.45. The number of rotatable bonds is 12. The number of nitrogens with one attached hydrogen (secondary N) is 2. The van der Waals surface area contributed by atoms with Crippen molar-refractivity contribution in [2.24, 2.45) is 0 Å². The Labute approximate surface area is 167 Å². The van der Waals surface area contributed by atoms with Crippen LogP contribution in [0.5, 0.6) is 0 Å². The Hall–Kier alpha value is -1.95. The van der Waals surface area contributed by atoms with E-state index in [9.17, 15) is 4.79 Å². The number of amides is 1. The van der Waals surface area contributed by atoms with E-state index < -0.39 is 0 Å². The van der Waals surface area contributed by atoms with Gasteiger partial charge in [0.1, 0.15) is 0 Å². The molecular formula is C21H32N4OS. The summed E-state index contributed by atoms with van der Waals surface area (Å²) in [4.78, 5) is 12.1. The van der Waals surface area contributed by atoms with Crippen LogP contribution in [-0.4, -0.2) is 27.2 Å². The van der Waals surface area contributed by atoms with Gasteiger partial charge in [0.15, 0.2) is 10.6 Å². The number of carbonyl (C=O) groups excluding carboxylic acids is 1. The van der Waals surface area contributed by atoms with Crippen LogP contribution in [0.25, 0.3) is 11.4 Å². The minimum atomic E-state index is 0.0688. The van der Waals surface area contributed by atoms with Gasteiger partial charge in [-0.1, -0.05) is 69.2 Å². The molecule has 0 saturated heterocycles. The second-order valence-electron chi connectivity index (χ2n) is 7.09. The van der Waals surface area contributed by atoms with E-state index in [2.05, 4.69) is 28.5 Å². The molecule has 0 atom stereocenters. The number of benzene rings is 1. The van der Waals surface area contributed by atoms with Crippen molar-refractivity contribution in [3.8, 4) is 11.4 Å². The highest BCUT2D eigenvalue weighted by molar-refractivity contribution is 7.71. The predicted molar refractivity (Wildman–Crippen MR) is 113 cm³/mol. The van der Waals surface area contributed by atoms with Crippen molar-refractivity contribution in [1.82, 2.24) is 20.1 Å². The summed E-state index contributed by atoms with van der Waals surface area (Å²) >= 11 is 5.34. The first kappa shape index (κ1) is 21.4. The fourth-order valence-corrected chi connectivity index (χ4v) is 3.36. The van der Waals surface area contributed by atoms with E-state index in [1.54, 1.807) is 0 Å². The van der Waals surface area contributed by atoms with Crippen LogP contribution in [0.2, 0.25) is 0 Å². The highest BCUT2D eigenvalue weighted by atomic mass is 32.1. The molecule has 5 nitrogen and oxygen atoms in total. The van der Waals surface area contributed by atoms with Crippen LogP contribution >= 0.6 is 12.2 Å². The number of carbonyl (C=O) groups is 1. The summed E-state index contributed by atoms with van der Waals surface area (Å²) in [5.74, 6) is 0.850. The van der Waals surface area contributed by atoms with E-state index in [-0.39, 0.29) is 5.91 Å². The summed E-state index contributed by atoms with van der Waals surface area (Å²) in [6.45, 7) is 5.57. The number of aromatic nitrogens is 3. The van der Waals surface area contributed by atoms with Crippen molar-refractivity contribution in [3.05, 3.63) is 34.6 Å². The molecule has 0 saturated carbocycles. The molecule has 2 rings (SSSR count). The van der Waals surface area contributed by atoms with Crippen molar-refractivity contribution in [3.63, 3.8) is 0 Å². The lowest BCUT2D eigenvalue weighted by Crippen LogP contribution is -2.25. The Morgan fingerprint density at radius 3 is 2.67 bits per heavy atom. The maximum absolute atomic E-state index is 12.1. The Morgan fingerprint density at radius 2 is 1.93 bits per heavy atom. The third kappa shape index (κ3) is 7.29. The van der Waals surface area contributed by atoms with E-state index in [0.717, 1.165) is 24.4 Å². The Balaban J connectivity index is 1.74. The Morgan fingerprint density at radius 1 is 1.19 bits per heavy atom. The molecule has 2 N–H and O–H groups in total. The van der Waals surface area contributed by atoms with E-state index in [1.807, 2.05) is 29.7 Å². The number of aromatic amines is 1. The second kappa shape index (κ2) is 11.7. The quantitative estimate of drug-likeness (QED) is 0.389. The van der Waals surface area contributed by atoms with Gasteiger partial charge in [0.2, 0.25) is 5.91 Å². The molecule has 0 aliphatic heterocycles. The maximum atomic E-state index is 12.1. The predicted octanol–water partition coefficient (Wildman–Crippen LogP) is 5.17. The van der Waals surface area contributed by atoms with Crippen molar-refractivity contribution < 1.29 is 4.79 Å². The lowest BCUT2D eigenvalue weighted by Gasteiger charge is -2.08. The van der Waals surface area contributed by atoms with Crippen molar-refractivity contribution in [2.75, 3.05) is 6.54 Å². The van der Waals surface area contributed by atoms with Crippen molar-refractivity contribution >= 4 is 18.1 Å². The minimum absolute atomic E-state index is 0.0688. The molecule has 27 heavy (non-hydrogen) atoms. The zero-order valence-corrected chi connectivity index (χ0v) is 17.4. The molecule has 0 fully saturated rings. The van der Waals surface area contributed by atoms with Gasteiger partial charge in [0.25, 0.3) is 0 Å². The van der Waals surface area contributed by atoms with Crippen LogP contribution < -0.4 is 5.32 Å². The molecule has 0 bridgehead atoms. The van der Waals surface area contributed by atoms with Gasteiger partial charge < -0.3 is 5.32 Å². The SMILES string of the molecule is CCCCCCCCCNC(=O)CCn1c(-c2cccc(C)c2)n[nH]c1=S. The molecule has 1 aromatic heterocycles. The van der Waals surface area contributed by atoms with Gasteiger partial charge in [-0.3, -0.25) is 14.5 Å². The molecule has 6 heteroatoms. The maximum Gasteiger partial charge on any atom is 0.221 e. The zero-order chi connectivity index (χ0) is 19.5. The fraction of sp³-hybridized carbons (Fsp3) is 0.571. The van der Waals surface area contributed by atoms with Gasteiger partial charge >= 0.3 is 0 Å². The van der Waals surface area contributed by atoms with Gasteiger partial charge in [-0.15, -0.1) is 0 Å². The van der Waals surface area contributed by atoms with Gasteiger partial charge in [0, 0.05) is 25.1 Å². The molecule has 2 aromatic rings. The van der Waals surface area contributed by atoms with Crippen LogP contribution in [0.15, 0.2) is 24.3 Å². The number of nitrogens with zero attached hydrogens (tertiary/aromatic N) is 2. The van der Waals surface area contributed by atoms with E-state index in [1.165, 1.54) is 44.1 Å². The number of hydrogen-bond acceptors (Lipinski definition) is 3. The number of H-pyrrole nitrogens is 1. The van der Waals surface area contributed by atoms with Crippen molar-refractivity contribution in [2.45, 2.75) is 71.8 Å². The minimum Gasteiger partial charge on any atom is -0.356 e. The summed E-state index contributed by atoms with van der Waals surface area (Å²) in [5, 5.41) is 10.2. The molecule has 0 unspecified atom stereocenters. The van der Waals surface area contributed by atoms with Gasteiger partial charge in [0.05, 0.1) is 0 Å². The second-order valence-corrected chi connectivity index (χ2v) is 7.48. The normalized spacial score (nSPS) is 10.9. The van der Waals surface area contributed by atoms with Crippen molar-refractivity contribution in [1.29, 1.82) is 0 Å². The smallest absolute Gasteiger partial charge is 0.221 e. The van der Waals surface area contributed by atoms with Gasteiger partial charge in [-0.25, -0.2) is 0 Å². The zero-order valence-electron chi connectivity index (χ0n) is 16.6.